The van der Waals surface area contributed by atoms with E-state index in [0.29, 0.717) is 0 Å². The Morgan fingerprint density at radius 2 is 1.21 bits per heavy atom. The number of aryl methyl sites for hydroxylation is 2. The van der Waals surface area contributed by atoms with E-state index in [1.807, 2.05) is 0 Å². The number of aromatic nitrogens is 2. The van der Waals surface area contributed by atoms with Crippen molar-refractivity contribution in [2.45, 2.75) is 35.4 Å². The van der Waals surface area contributed by atoms with Gasteiger partial charge in [-0.3, -0.25) is 0 Å². The summed E-state index contributed by atoms with van der Waals surface area (Å²) >= 11 is 3.51. The lowest BCUT2D eigenvalue weighted by atomic mass is 10.2. The maximum Gasteiger partial charge on any atom is 0.162 e. The number of hydrogen-bond donors (Lipinski definition) is 0. The van der Waals surface area contributed by atoms with Gasteiger partial charge in [0.25, 0.3) is 0 Å². The fraction of sp³-hybridized carbons (Fsp3) is 0.222. The van der Waals surface area contributed by atoms with E-state index in [-0.39, 0.29) is 0 Å². The Bertz CT molecular complexity index is 921. The van der Waals surface area contributed by atoms with Crippen LogP contribution >= 0.6 is 44.3 Å². The molecule has 0 saturated heterocycles. The van der Waals surface area contributed by atoms with Crippen molar-refractivity contribution in [2.75, 3.05) is 0 Å². The summed E-state index contributed by atoms with van der Waals surface area (Å²) in [6.45, 7) is 4.35. The lowest BCUT2D eigenvalue weighted by molar-refractivity contribution is 1.14. The maximum absolute atomic E-state index is 4.76. The molecule has 4 aromatic rings. The zero-order valence-electron chi connectivity index (χ0n) is 13.4. The third-order valence-corrected chi connectivity index (χ3v) is 8.91. The van der Waals surface area contributed by atoms with E-state index in [4.69, 9.17) is 9.97 Å². The minimum Gasteiger partial charge on any atom is -0.229 e. The fourth-order valence-corrected chi connectivity index (χ4v) is 6.94. The Morgan fingerprint density at radius 3 is 1.62 bits per heavy atom. The Balaban J connectivity index is 1.53. The van der Waals surface area contributed by atoms with Gasteiger partial charge in [-0.15, -0.1) is 22.7 Å². The average Bonchev–Trinajstić information content (AvgIpc) is 3.21. The van der Waals surface area contributed by atoms with Gasteiger partial charge in [0.15, 0.2) is 8.68 Å². The van der Waals surface area contributed by atoms with E-state index in [1.54, 1.807) is 44.3 Å². The molecule has 2 nitrogen and oxygen atoms in total. The molecule has 24 heavy (non-hydrogen) atoms. The van der Waals surface area contributed by atoms with Gasteiger partial charge >= 0.3 is 0 Å². The Morgan fingerprint density at radius 1 is 0.750 bits per heavy atom. The molecule has 4 rings (SSSR count). The van der Waals surface area contributed by atoms with Gasteiger partial charge in [0.2, 0.25) is 0 Å². The van der Waals surface area contributed by atoms with Gasteiger partial charge in [-0.1, -0.05) is 26.0 Å². The highest BCUT2D eigenvalue weighted by atomic mass is 33.1. The zero-order chi connectivity index (χ0) is 16.5. The summed E-state index contributed by atoms with van der Waals surface area (Å²) in [5.74, 6) is 0. The molecule has 0 spiro atoms. The fourth-order valence-electron chi connectivity index (χ4n) is 2.49. The van der Waals surface area contributed by atoms with Crippen LogP contribution in [0.5, 0.6) is 0 Å². The van der Waals surface area contributed by atoms with Gasteiger partial charge in [-0.25, -0.2) is 9.97 Å². The molecule has 6 heteroatoms. The molecule has 0 unspecified atom stereocenters. The van der Waals surface area contributed by atoms with Crippen molar-refractivity contribution < 1.29 is 0 Å². The van der Waals surface area contributed by atoms with Gasteiger partial charge in [-0.05, 0) is 69.8 Å². The number of nitrogens with zero attached hydrogens (tertiary/aromatic N) is 2. The van der Waals surface area contributed by atoms with Gasteiger partial charge in [-0.2, -0.15) is 0 Å². The highest BCUT2D eigenvalue weighted by Gasteiger charge is 2.09. The molecular formula is C18H16N2S4. The van der Waals surface area contributed by atoms with Crippen LogP contribution in [0.2, 0.25) is 0 Å². The number of benzene rings is 2. The van der Waals surface area contributed by atoms with Crippen molar-refractivity contribution in [3.63, 3.8) is 0 Å². The van der Waals surface area contributed by atoms with Crippen molar-refractivity contribution in [3.05, 3.63) is 47.5 Å². The summed E-state index contributed by atoms with van der Waals surface area (Å²) in [6, 6.07) is 13.2. The van der Waals surface area contributed by atoms with E-state index in [1.165, 1.54) is 20.5 Å². The monoisotopic (exact) mass is 388 g/mol. The van der Waals surface area contributed by atoms with E-state index in [9.17, 15) is 0 Å². The summed E-state index contributed by atoms with van der Waals surface area (Å²) in [5.41, 5.74) is 4.91. The molecular weight excluding hydrogens is 372 g/mol. The van der Waals surface area contributed by atoms with Gasteiger partial charge < -0.3 is 0 Å². The van der Waals surface area contributed by atoms with Crippen LogP contribution in [0, 0.1) is 0 Å². The normalized spacial score (nSPS) is 11.6. The van der Waals surface area contributed by atoms with E-state index >= 15 is 0 Å². The minimum absolute atomic E-state index is 1.05. The van der Waals surface area contributed by atoms with Crippen molar-refractivity contribution in [3.8, 4) is 0 Å². The molecule has 0 amide bonds. The van der Waals surface area contributed by atoms with E-state index in [2.05, 4.69) is 50.2 Å². The van der Waals surface area contributed by atoms with Gasteiger partial charge in [0.05, 0.1) is 20.4 Å². The third-order valence-electron chi connectivity index (χ3n) is 3.87. The SMILES string of the molecule is CCc1ccc2sc(SSc3nc4cc(CC)ccc4s3)nc2c1. The predicted octanol–water partition coefficient (Wildman–Crippen LogP) is 6.83. The molecule has 0 aliphatic heterocycles. The summed E-state index contributed by atoms with van der Waals surface area (Å²) in [6.07, 6.45) is 2.10. The maximum atomic E-state index is 4.76. The largest absolute Gasteiger partial charge is 0.229 e. The van der Waals surface area contributed by atoms with Gasteiger partial charge in [0.1, 0.15) is 0 Å². The second kappa shape index (κ2) is 7.04. The second-order valence-corrected chi connectivity index (χ2v) is 10.1. The summed E-state index contributed by atoms with van der Waals surface area (Å²) < 4.78 is 4.70. The Labute approximate surface area is 157 Å². The number of rotatable bonds is 5. The lowest BCUT2D eigenvalue weighted by Gasteiger charge is -1.93. The van der Waals surface area contributed by atoms with Crippen LogP contribution in [0.15, 0.2) is 45.1 Å². The first-order chi connectivity index (χ1) is 11.7. The first-order valence-corrected chi connectivity index (χ1v) is 11.7. The van der Waals surface area contributed by atoms with Crippen molar-refractivity contribution >= 4 is 64.7 Å². The molecule has 0 bridgehead atoms. The van der Waals surface area contributed by atoms with Crippen LogP contribution in [0.4, 0.5) is 0 Å². The second-order valence-electron chi connectivity index (χ2n) is 5.44. The van der Waals surface area contributed by atoms with Crippen LogP contribution in [-0.2, 0) is 12.8 Å². The molecule has 0 aliphatic rings. The smallest absolute Gasteiger partial charge is 0.162 e. The third kappa shape index (κ3) is 3.33. The lowest BCUT2D eigenvalue weighted by Crippen LogP contribution is -1.78. The highest BCUT2D eigenvalue weighted by Crippen LogP contribution is 2.43. The first kappa shape index (κ1) is 16.4. The zero-order valence-corrected chi connectivity index (χ0v) is 16.7. The summed E-state index contributed by atoms with van der Waals surface area (Å²) in [7, 11) is 3.42. The molecule has 0 atom stereocenters. The van der Waals surface area contributed by atoms with E-state index in [0.717, 1.165) is 32.6 Å². The number of hydrogen-bond acceptors (Lipinski definition) is 6. The number of fused-ring (bicyclic) bond motifs is 2. The van der Waals surface area contributed by atoms with Crippen LogP contribution in [-0.4, -0.2) is 9.97 Å². The summed E-state index contributed by atoms with van der Waals surface area (Å²) in [5, 5.41) is 0. The summed E-state index contributed by atoms with van der Waals surface area (Å²) in [4.78, 5) is 9.51. The molecule has 2 heterocycles. The molecule has 0 fully saturated rings. The molecule has 0 aliphatic carbocycles. The van der Waals surface area contributed by atoms with Crippen LogP contribution < -0.4 is 0 Å². The quantitative estimate of drug-likeness (QED) is 0.350. The standard InChI is InChI=1S/C18H16N2S4/c1-3-11-5-7-15-13(9-11)19-17(21-15)23-24-18-20-14-10-12(4-2)6-8-16(14)22-18/h5-10H,3-4H2,1-2H3. The molecule has 0 N–H and O–H groups in total. The van der Waals surface area contributed by atoms with E-state index < -0.39 is 0 Å². The van der Waals surface area contributed by atoms with Crippen molar-refractivity contribution in [1.82, 2.24) is 9.97 Å². The van der Waals surface area contributed by atoms with Crippen LogP contribution in [0.3, 0.4) is 0 Å². The highest BCUT2D eigenvalue weighted by molar-refractivity contribution is 8.77. The Hall–Kier alpha value is -1.08. The van der Waals surface area contributed by atoms with Crippen LogP contribution in [0.1, 0.15) is 25.0 Å². The van der Waals surface area contributed by atoms with Gasteiger partial charge in [0, 0.05) is 0 Å². The first-order valence-electron chi connectivity index (χ1n) is 7.88. The molecule has 0 radical (unpaired) electrons. The predicted molar refractivity (Wildman–Crippen MR) is 110 cm³/mol. The topological polar surface area (TPSA) is 25.8 Å². The van der Waals surface area contributed by atoms with Crippen molar-refractivity contribution in [2.24, 2.45) is 0 Å². The molecule has 122 valence electrons. The Kier molecular flexibility index (Phi) is 4.81. The molecule has 2 aromatic heterocycles. The minimum atomic E-state index is 1.05. The number of thiazole rings is 2. The molecule has 0 saturated carbocycles. The molecule has 2 aromatic carbocycles. The average molecular weight is 389 g/mol. The van der Waals surface area contributed by atoms with Crippen molar-refractivity contribution in [1.29, 1.82) is 0 Å². The van der Waals surface area contributed by atoms with Crippen LogP contribution in [0.25, 0.3) is 20.4 Å².